The molecule has 3 rings (SSSR count). The molecule has 3 aromatic rings. The summed E-state index contributed by atoms with van der Waals surface area (Å²) in [6.45, 7) is 2.52. The lowest BCUT2D eigenvalue weighted by Gasteiger charge is -2.06. The average molecular weight is 326 g/mol. The number of rotatable bonds is 5. The van der Waals surface area contributed by atoms with Gasteiger partial charge in [-0.3, -0.25) is 4.98 Å². The van der Waals surface area contributed by atoms with Crippen molar-refractivity contribution in [3.8, 4) is 34.2 Å². The van der Waals surface area contributed by atoms with Gasteiger partial charge in [-0.1, -0.05) is 48.6 Å². The summed E-state index contributed by atoms with van der Waals surface area (Å²) in [5.74, 6) is 0.760. The number of nitriles is 1. The number of nitrogens with zero attached hydrogens (tertiary/aromatic N) is 2. The number of hydrogen-bond acceptors (Lipinski definition) is 3. The largest absolute Gasteiger partial charge is 0.488 e. The number of allylic oxidation sites excluding steroid dienone is 1. The Morgan fingerprint density at radius 2 is 1.56 bits per heavy atom. The Morgan fingerprint density at radius 1 is 0.920 bits per heavy atom. The second-order valence-corrected chi connectivity index (χ2v) is 5.53. The standard InChI is InChI=1S/C22H18N2O/c1-2-3-14-25-21-12-13-22(24-16-21)20-10-8-19(9-11-20)18-6-4-17(15-23)5-7-18/h2-13,16H,14H2,1H3/b3-2+. The van der Waals surface area contributed by atoms with Crippen molar-refractivity contribution in [2.45, 2.75) is 6.92 Å². The van der Waals surface area contributed by atoms with E-state index in [-0.39, 0.29) is 0 Å². The number of aromatic nitrogens is 1. The first kappa shape index (κ1) is 16.5. The zero-order valence-electron chi connectivity index (χ0n) is 14.0. The molecule has 0 radical (unpaired) electrons. The van der Waals surface area contributed by atoms with E-state index in [1.807, 2.05) is 55.5 Å². The molecule has 3 nitrogen and oxygen atoms in total. The van der Waals surface area contributed by atoms with Crippen LogP contribution in [0.5, 0.6) is 5.75 Å². The Balaban J connectivity index is 1.74. The molecule has 0 saturated carbocycles. The van der Waals surface area contributed by atoms with Crippen molar-refractivity contribution >= 4 is 0 Å². The van der Waals surface area contributed by atoms with Crippen LogP contribution in [-0.4, -0.2) is 11.6 Å². The fraction of sp³-hybridized carbons (Fsp3) is 0.0909. The van der Waals surface area contributed by atoms with Crippen molar-refractivity contribution < 1.29 is 4.74 Å². The van der Waals surface area contributed by atoms with Gasteiger partial charge in [0.05, 0.1) is 23.5 Å². The predicted octanol–water partition coefficient (Wildman–Crippen LogP) is 5.24. The molecular formula is C22H18N2O. The van der Waals surface area contributed by atoms with E-state index in [0.29, 0.717) is 12.2 Å². The molecule has 2 aromatic carbocycles. The molecule has 0 amide bonds. The molecule has 0 aliphatic rings. The Labute approximate surface area is 147 Å². The number of ether oxygens (including phenoxy) is 1. The lowest BCUT2D eigenvalue weighted by atomic mass is 10.0. The first-order valence-corrected chi connectivity index (χ1v) is 8.11. The van der Waals surface area contributed by atoms with Crippen LogP contribution in [0.4, 0.5) is 0 Å². The van der Waals surface area contributed by atoms with E-state index in [1.54, 1.807) is 6.20 Å². The normalized spacial score (nSPS) is 10.6. The van der Waals surface area contributed by atoms with Crippen molar-refractivity contribution in [2.75, 3.05) is 6.61 Å². The third kappa shape index (κ3) is 4.13. The fourth-order valence-corrected chi connectivity index (χ4v) is 2.45. The molecule has 25 heavy (non-hydrogen) atoms. The Hall–Kier alpha value is -3.38. The Morgan fingerprint density at radius 3 is 2.12 bits per heavy atom. The highest BCUT2D eigenvalue weighted by atomic mass is 16.5. The third-order valence-corrected chi connectivity index (χ3v) is 3.85. The van der Waals surface area contributed by atoms with Gasteiger partial charge in [0.2, 0.25) is 0 Å². The molecule has 0 N–H and O–H groups in total. The second kappa shape index (κ2) is 7.94. The quantitative estimate of drug-likeness (QED) is 0.602. The zero-order valence-corrected chi connectivity index (χ0v) is 14.0. The lowest BCUT2D eigenvalue weighted by Crippen LogP contribution is -1.94. The van der Waals surface area contributed by atoms with Gasteiger partial charge in [0.1, 0.15) is 12.4 Å². The SMILES string of the molecule is C/C=C/COc1ccc(-c2ccc(-c3ccc(C#N)cc3)cc2)nc1. The molecule has 0 bridgehead atoms. The smallest absolute Gasteiger partial charge is 0.138 e. The topological polar surface area (TPSA) is 45.9 Å². The predicted molar refractivity (Wildman–Crippen MR) is 100 cm³/mol. The van der Waals surface area contributed by atoms with E-state index in [1.165, 1.54) is 0 Å². The summed E-state index contributed by atoms with van der Waals surface area (Å²) in [6.07, 6.45) is 5.65. The van der Waals surface area contributed by atoms with Gasteiger partial charge in [-0.2, -0.15) is 5.26 Å². The summed E-state index contributed by atoms with van der Waals surface area (Å²) < 4.78 is 5.56. The molecule has 1 aromatic heterocycles. The van der Waals surface area contributed by atoms with E-state index in [9.17, 15) is 0 Å². The van der Waals surface area contributed by atoms with Crippen LogP contribution in [0.25, 0.3) is 22.4 Å². The summed E-state index contributed by atoms with van der Waals surface area (Å²) in [4.78, 5) is 4.47. The van der Waals surface area contributed by atoms with E-state index < -0.39 is 0 Å². The van der Waals surface area contributed by atoms with Gasteiger partial charge in [0.25, 0.3) is 0 Å². The first-order chi connectivity index (χ1) is 12.3. The second-order valence-electron chi connectivity index (χ2n) is 5.53. The molecule has 0 aliphatic heterocycles. The minimum atomic E-state index is 0.552. The van der Waals surface area contributed by atoms with E-state index in [4.69, 9.17) is 10.00 Å². The molecule has 0 fully saturated rings. The molecule has 3 heteroatoms. The number of hydrogen-bond donors (Lipinski definition) is 0. The zero-order chi connectivity index (χ0) is 17.5. The minimum Gasteiger partial charge on any atom is -0.488 e. The Kier molecular flexibility index (Phi) is 5.23. The van der Waals surface area contributed by atoms with Crippen LogP contribution in [0.2, 0.25) is 0 Å². The fourth-order valence-electron chi connectivity index (χ4n) is 2.45. The maximum absolute atomic E-state index is 8.87. The summed E-state index contributed by atoms with van der Waals surface area (Å²) in [5.41, 5.74) is 4.83. The van der Waals surface area contributed by atoms with Crippen molar-refractivity contribution in [1.82, 2.24) is 4.98 Å². The molecule has 0 atom stereocenters. The lowest BCUT2D eigenvalue weighted by molar-refractivity contribution is 0.361. The van der Waals surface area contributed by atoms with Crippen LogP contribution < -0.4 is 4.74 Å². The van der Waals surface area contributed by atoms with Crippen LogP contribution in [0.15, 0.2) is 79.0 Å². The average Bonchev–Trinajstić information content (AvgIpc) is 2.69. The molecule has 0 spiro atoms. The number of benzene rings is 2. The number of pyridine rings is 1. The molecule has 0 saturated heterocycles. The Bertz CT molecular complexity index is 887. The highest BCUT2D eigenvalue weighted by Gasteiger charge is 2.02. The highest BCUT2D eigenvalue weighted by molar-refractivity contribution is 5.69. The minimum absolute atomic E-state index is 0.552. The van der Waals surface area contributed by atoms with Gasteiger partial charge >= 0.3 is 0 Å². The molecule has 1 heterocycles. The van der Waals surface area contributed by atoms with E-state index in [2.05, 4.69) is 35.3 Å². The summed E-state index contributed by atoms with van der Waals surface area (Å²) in [7, 11) is 0. The third-order valence-electron chi connectivity index (χ3n) is 3.85. The highest BCUT2D eigenvalue weighted by Crippen LogP contribution is 2.25. The van der Waals surface area contributed by atoms with Crippen molar-refractivity contribution in [2.24, 2.45) is 0 Å². The molecule has 0 aliphatic carbocycles. The monoisotopic (exact) mass is 326 g/mol. The first-order valence-electron chi connectivity index (χ1n) is 8.11. The summed E-state index contributed by atoms with van der Waals surface area (Å²) >= 11 is 0. The van der Waals surface area contributed by atoms with Crippen LogP contribution in [-0.2, 0) is 0 Å². The van der Waals surface area contributed by atoms with Gasteiger partial charge in [0.15, 0.2) is 0 Å². The van der Waals surface area contributed by atoms with E-state index >= 15 is 0 Å². The van der Waals surface area contributed by atoms with Gasteiger partial charge in [0, 0.05) is 5.56 Å². The van der Waals surface area contributed by atoms with Gasteiger partial charge in [-0.25, -0.2) is 0 Å². The van der Waals surface area contributed by atoms with Crippen LogP contribution >= 0.6 is 0 Å². The maximum atomic E-state index is 8.87. The van der Waals surface area contributed by atoms with Gasteiger partial charge < -0.3 is 4.74 Å². The molecule has 0 unspecified atom stereocenters. The van der Waals surface area contributed by atoms with Crippen molar-refractivity contribution in [3.05, 3.63) is 84.6 Å². The maximum Gasteiger partial charge on any atom is 0.138 e. The van der Waals surface area contributed by atoms with Crippen LogP contribution in [0, 0.1) is 11.3 Å². The summed E-state index contributed by atoms with van der Waals surface area (Å²) in [5, 5.41) is 8.87. The van der Waals surface area contributed by atoms with Crippen molar-refractivity contribution in [1.29, 1.82) is 5.26 Å². The molecule has 122 valence electrons. The van der Waals surface area contributed by atoms with Crippen LogP contribution in [0.1, 0.15) is 12.5 Å². The van der Waals surface area contributed by atoms with Gasteiger partial charge in [-0.05, 0) is 42.3 Å². The van der Waals surface area contributed by atoms with Gasteiger partial charge in [-0.15, -0.1) is 0 Å². The van der Waals surface area contributed by atoms with Crippen molar-refractivity contribution in [3.63, 3.8) is 0 Å². The molecular weight excluding hydrogens is 308 g/mol. The van der Waals surface area contributed by atoms with Crippen LogP contribution in [0.3, 0.4) is 0 Å². The summed E-state index contributed by atoms with van der Waals surface area (Å²) in [6, 6.07) is 21.8. The van der Waals surface area contributed by atoms with E-state index in [0.717, 1.165) is 28.1 Å².